The van der Waals surface area contributed by atoms with Crippen molar-refractivity contribution in [3.63, 3.8) is 0 Å². The van der Waals surface area contributed by atoms with Gasteiger partial charge in [0.15, 0.2) is 0 Å². The lowest BCUT2D eigenvalue weighted by molar-refractivity contribution is 0.0709. The molecule has 0 N–H and O–H groups in total. The molecule has 0 saturated carbocycles. The smallest absolute Gasteiger partial charge is 0.254 e. The summed E-state index contributed by atoms with van der Waals surface area (Å²) in [6, 6.07) is 15.0. The maximum absolute atomic E-state index is 13.0. The molecule has 2 aromatic carbocycles. The van der Waals surface area contributed by atoms with Crippen LogP contribution >= 0.6 is 0 Å². The summed E-state index contributed by atoms with van der Waals surface area (Å²) in [6.07, 6.45) is 1.72. The number of aromatic nitrogens is 2. The molecule has 1 fully saturated rings. The molecule has 0 radical (unpaired) electrons. The van der Waals surface area contributed by atoms with Crippen molar-refractivity contribution >= 4 is 5.91 Å². The van der Waals surface area contributed by atoms with Gasteiger partial charge in [0.2, 0.25) is 11.7 Å². The highest BCUT2D eigenvalue weighted by Crippen LogP contribution is 2.35. The molecular formula is C21H21N3O3. The normalized spacial score (nSPS) is 16.5. The van der Waals surface area contributed by atoms with Crippen LogP contribution in [-0.4, -0.2) is 34.6 Å². The monoisotopic (exact) mass is 363 g/mol. The van der Waals surface area contributed by atoms with Crippen molar-refractivity contribution in [2.24, 2.45) is 0 Å². The topological polar surface area (TPSA) is 68.5 Å². The first kappa shape index (κ1) is 17.3. The first-order valence-electron chi connectivity index (χ1n) is 9.02. The summed E-state index contributed by atoms with van der Waals surface area (Å²) in [6.45, 7) is 2.63. The summed E-state index contributed by atoms with van der Waals surface area (Å²) < 4.78 is 10.9. The third-order valence-electron chi connectivity index (χ3n) is 4.96. The molecule has 4 rings (SSSR count). The van der Waals surface area contributed by atoms with Crippen LogP contribution in [0.4, 0.5) is 0 Å². The van der Waals surface area contributed by atoms with Gasteiger partial charge < -0.3 is 14.2 Å². The van der Waals surface area contributed by atoms with E-state index in [1.54, 1.807) is 7.11 Å². The minimum Gasteiger partial charge on any atom is -0.496 e. The minimum absolute atomic E-state index is 0.00708. The van der Waals surface area contributed by atoms with Crippen molar-refractivity contribution in [2.75, 3.05) is 13.7 Å². The Kier molecular flexibility index (Phi) is 4.62. The number of aryl methyl sites for hydroxylation is 1. The fourth-order valence-electron chi connectivity index (χ4n) is 3.54. The molecule has 1 saturated heterocycles. The van der Waals surface area contributed by atoms with Gasteiger partial charge in [0.1, 0.15) is 11.8 Å². The molecule has 1 amide bonds. The molecule has 3 aromatic rings. The molecule has 27 heavy (non-hydrogen) atoms. The Morgan fingerprint density at radius 1 is 1.19 bits per heavy atom. The van der Waals surface area contributed by atoms with Gasteiger partial charge in [0.25, 0.3) is 5.91 Å². The second-order valence-electron chi connectivity index (χ2n) is 6.63. The van der Waals surface area contributed by atoms with Crippen LogP contribution in [-0.2, 0) is 0 Å². The zero-order valence-electron chi connectivity index (χ0n) is 15.4. The number of benzene rings is 2. The van der Waals surface area contributed by atoms with E-state index in [9.17, 15) is 4.79 Å². The summed E-state index contributed by atoms with van der Waals surface area (Å²) in [4.78, 5) is 19.4. The quantitative estimate of drug-likeness (QED) is 0.700. The van der Waals surface area contributed by atoms with E-state index in [1.165, 1.54) is 0 Å². The zero-order chi connectivity index (χ0) is 18.8. The summed E-state index contributed by atoms with van der Waals surface area (Å²) >= 11 is 0. The van der Waals surface area contributed by atoms with Gasteiger partial charge in [-0.25, -0.2) is 0 Å². The van der Waals surface area contributed by atoms with Crippen LogP contribution in [0.5, 0.6) is 5.75 Å². The van der Waals surface area contributed by atoms with Gasteiger partial charge in [-0.2, -0.15) is 4.98 Å². The van der Waals surface area contributed by atoms with Gasteiger partial charge >= 0.3 is 0 Å². The molecule has 138 valence electrons. The Morgan fingerprint density at radius 2 is 1.96 bits per heavy atom. The van der Waals surface area contributed by atoms with Crippen molar-refractivity contribution in [3.05, 3.63) is 65.5 Å². The number of ether oxygens (including phenoxy) is 1. The summed E-state index contributed by atoms with van der Waals surface area (Å²) in [5.74, 6) is 1.63. The van der Waals surface area contributed by atoms with Gasteiger partial charge in [-0.1, -0.05) is 35.5 Å². The molecule has 1 aliphatic heterocycles. The van der Waals surface area contributed by atoms with Crippen molar-refractivity contribution in [1.29, 1.82) is 0 Å². The molecule has 0 spiro atoms. The van der Waals surface area contributed by atoms with E-state index in [0.717, 1.165) is 24.0 Å². The van der Waals surface area contributed by atoms with Gasteiger partial charge in [-0.3, -0.25) is 4.79 Å². The Hall–Kier alpha value is -3.15. The Balaban J connectivity index is 1.63. The number of nitrogens with zero attached hydrogens (tertiary/aromatic N) is 3. The molecule has 0 aliphatic carbocycles. The maximum atomic E-state index is 13.0. The van der Waals surface area contributed by atoms with Crippen LogP contribution in [0.2, 0.25) is 0 Å². The highest BCUT2D eigenvalue weighted by molar-refractivity contribution is 5.96. The fourth-order valence-corrected chi connectivity index (χ4v) is 3.54. The fraction of sp³-hybridized carbons (Fsp3) is 0.286. The standard InChI is InChI=1S/C21H21N3O3/c1-14-8-3-4-9-15(14)21(25)24-13-7-11-17(24)20-22-19(23-27-20)16-10-5-6-12-18(16)26-2/h3-6,8-10,12,17H,7,11,13H2,1-2H3. The molecule has 1 aliphatic rings. The molecule has 6 heteroatoms. The maximum Gasteiger partial charge on any atom is 0.254 e. The van der Waals surface area contributed by atoms with Crippen LogP contribution in [0, 0.1) is 6.92 Å². The number of hydrogen-bond donors (Lipinski definition) is 0. The summed E-state index contributed by atoms with van der Waals surface area (Å²) in [5, 5.41) is 4.12. The SMILES string of the molecule is COc1ccccc1-c1noc(C2CCCN2C(=O)c2ccccc2C)n1. The average Bonchev–Trinajstić information content (AvgIpc) is 3.37. The van der Waals surface area contributed by atoms with E-state index in [2.05, 4.69) is 10.1 Å². The number of rotatable bonds is 4. The number of amides is 1. The first-order chi connectivity index (χ1) is 13.2. The van der Waals surface area contributed by atoms with E-state index in [0.29, 0.717) is 29.6 Å². The van der Waals surface area contributed by atoms with Crippen LogP contribution < -0.4 is 4.74 Å². The number of likely N-dealkylation sites (tertiary alicyclic amines) is 1. The lowest BCUT2D eigenvalue weighted by Gasteiger charge is -2.22. The number of carbonyl (C=O) groups is 1. The van der Waals surface area contributed by atoms with Crippen LogP contribution in [0.25, 0.3) is 11.4 Å². The Labute approximate surface area is 157 Å². The van der Waals surface area contributed by atoms with Crippen molar-refractivity contribution in [1.82, 2.24) is 15.0 Å². The van der Waals surface area contributed by atoms with E-state index < -0.39 is 0 Å². The lowest BCUT2D eigenvalue weighted by Crippen LogP contribution is -2.31. The lowest BCUT2D eigenvalue weighted by atomic mass is 10.1. The molecule has 1 unspecified atom stereocenters. The average molecular weight is 363 g/mol. The molecule has 1 atom stereocenters. The van der Waals surface area contributed by atoms with Crippen molar-refractivity contribution in [3.8, 4) is 17.1 Å². The summed E-state index contributed by atoms with van der Waals surface area (Å²) in [7, 11) is 1.61. The van der Waals surface area contributed by atoms with Gasteiger partial charge in [-0.15, -0.1) is 0 Å². The zero-order valence-corrected chi connectivity index (χ0v) is 15.4. The number of para-hydroxylation sites is 1. The third-order valence-corrected chi connectivity index (χ3v) is 4.96. The van der Waals surface area contributed by atoms with E-state index in [1.807, 2.05) is 60.4 Å². The number of hydrogen-bond acceptors (Lipinski definition) is 5. The highest BCUT2D eigenvalue weighted by atomic mass is 16.5. The first-order valence-corrected chi connectivity index (χ1v) is 9.02. The number of carbonyl (C=O) groups excluding carboxylic acids is 1. The second-order valence-corrected chi connectivity index (χ2v) is 6.63. The molecule has 1 aromatic heterocycles. The van der Waals surface area contributed by atoms with Crippen LogP contribution in [0.1, 0.15) is 40.7 Å². The number of methoxy groups -OCH3 is 1. The molecule has 2 heterocycles. The van der Waals surface area contributed by atoms with Crippen molar-refractivity contribution in [2.45, 2.75) is 25.8 Å². The van der Waals surface area contributed by atoms with Crippen molar-refractivity contribution < 1.29 is 14.1 Å². The van der Waals surface area contributed by atoms with E-state index in [4.69, 9.17) is 9.26 Å². The summed E-state index contributed by atoms with van der Waals surface area (Å²) in [5.41, 5.74) is 2.45. The molecular weight excluding hydrogens is 342 g/mol. The molecule has 0 bridgehead atoms. The predicted molar refractivity (Wildman–Crippen MR) is 100 cm³/mol. The van der Waals surface area contributed by atoms with Gasteiger partial charge in [0, 0.05) is 12.1 Å². The van der Waals surface area contributed by atoms with Crippen LogP contribution in [0.15, 0.2) is 53.1 Å². The largest absolute Gasteiger partial charge is 0.496 e. The van der Waals surface area contributed by atoms with Crippen LogP contribution in [0.3, 0.4) is 0 Å². The van der Waals surface area contributed by atoms with Gasteiger partial charge in [0.05, 0.1) is 12.7 Å². The van der Waals surface area contributed by atoms with E-state index in [-0.39, 0.29) is 11.9 Å². The minimum atomic E-state index is -0.201. The second kappa shape index (κ2) is 7.23. The Morgan fingerprint density at radius 3 is 2.78 bits per heavy atom. The molecule has 6 nitrogen and oxygen atoms in total. The van der Waals surface area contributed by atoms with Gasteiger partial charge in [-0.05, 0) is 43.5 Å². The Bertz CT molecular complexity index is 967. The third kappa shape index (κ3) is 3.18. The van der Waals surface area contributed by atoms with E-state index >= 15 is 0 Å². The highest BCUT2D eigenvalue weighted by Gasteiger charge is 2.35. The predicted octanol–water partition coefficient (Wildman–Crippen LogP) is 4.03.